The number of amides is 1. The van der Waals surface area contributed by atoms with Gasteiger partial charge in [-0.05, 0) is 37.5 Å². The second-order valence-corrected chi connectivity index (χ2v) is 10.7. The number of fused-ring (bicyclic) bond motifs is 1. The number of aromatic nitrogens is 1. The van der Waals surface area contributed by atoms with Gasteiger partial charge in [0.25, 0.3) is 0 Å². The van der Waals surface area contributed by atoms with E-state index < -0.39 is 21.5 Å². The molecule has 10 heteroatoms. The van der Waals surface area contributed by atoms with Crippen molar-refractivity contribution in [3.05, 3.63) is 54.1 Å². The summed E-state index contributed by atoms with van der Waals surface area (Å²) in [5, 5.41) is 0.246. The molecule has 6 nitrogen and oxygen atoms in total. The van der Waals surface area contributed by atoms with Crippen LogP contribution in [0.4, 0.5) is 13.9 Å². The Hall–Kier alpha value is -2.43. The molecule has 4 rings (SSSR count). The van der Waals surface area contributed by atoms with Gasteiger partial charge in [-0.25, -0.2) is 22.2 Å². The van der Waals surface area contributed by atoms with E-state index >= 15 is 0 Å². The molecule has 1 amide bonds. The first-order valence-corrected chi connectivity index (χ1v) is 12.8. The van der Waals surface area contributed by atoms with Gasteiger partial charge in [-0.15, -0.1) is 0 Å². The second-order valence-electron chi connectivity index (χ2n) is 7.61. The van der Waals surface area contributed by atoms with Crippen molar-refractivity contribution in [2.24, 2.45) is 0 Å². The summed E-state index contributed by atoms with van der Waals surface area (Å²) >= 11 is 1.02. The van der Waals surface area contributed by atoms with Crippen LogP contribution in [0.2, 0.25) is 0 Å². The number of carbonyl (C=O) groups excluding carboxylic acids is 1. The molecule has 0 saturated carbocycles. The monoisotopic (exact) mass is 480 g/mol. The first kappa shape index (κ1) is 22.8. The van der Waals surface area contributed by atoms with E-state index in [1.54, 1.807) is 18.2 Å². The summed E-state index contributed by atoms with van der Waals surface area (Å²) in [7, 11) is -3.50. The number of thiazole rings is 1. The molecular formula is C22H22F2N2O4S2. The van der Waals surface area contributed by atoms with E-state index in [2.05, 4.69) is 4.98 Å². The lowest BCUT2D eigenvalue weighted by molar-refractivity contribution is -0.119. The van der Waals surface area contributed by atoms with Crippen LogP contribution in [0.3, 0.4) is 0 Å². The van der Waals surface area contributed by atoms with Gasteiger partial charge in [0, 0.05) is 19.1 Å². The summed E-state index contributed by atoms with van der Waals surface area (Å²) in [5.41, 5.74) is 0.00296. The lowest BCUT2D eigenvalue weighted by Crippen LogP contribution is -2.37. The molecule has 170 valence electrons. The fourth-order valence-electron chi connectivity index (χ4n) is 3.63. The molecular weight excluding hydrogens is 458 g/mol. The molecule has 0 spiro atoms. The molecule has 0 N–H and O–H groups in total. The van der Waals surface area contributed by atoms with Crippen LogP contribution < -0.4 is 4.90 Å². The van der Waals surface area contributed by atoms with E-state index in [0.717, 1.165) is 30.2 Å². The van der Waals surface area contributed by atoms with Crippen molar-refractivity contribution in [2.45, 2.75) is 36.7 Å². The van der Waals surface area contributed by atoms with Crippen LogP contribution >= 0.6 is 11.3 Å². The molecule has 1 aliphatic heterocycles. The molecule has 3 aromatic rings. The van der Waals surface area contributed by atoms with E-state index in [9.17, 15) is 22.0 Å². The third-order valence-electron chi connectivity index (χ3n) is 5.25. The van der Waals surface area contributed by atoms with Gasteiger partial charge in [-0.2, -0.15) is 0 Å². The van der Waals surface area contributed by atoms with Crippen LogP contribution in [0.1, 0.15) is 25.7 Å². The predicted octanol–water partition coefficient (Wildman–Crippen LogP) is 4.34. The van der Waals surface area contributed by atoms with Crippen LogP contribution in [0.5, 0.6) is 0 Å². The first-order chi connectivity index (χ1) is 15.3. The fourth-order valence-corrected chi connectivity index (χ4v) is 6.00. The van der Waals surface area contributed by atoms with Crippen molar-refractivity contribution in [3.63, 3.8) is 0 Å². The second kappa shape index (κ2) is 9.60. The average molecular weight is 481 g/mol. The highest BCUT2D eigenvalue weighted by Crippen LogP contribution is 2.32. The molecule has 2 heterocycles. The van der Waals surface area contributed by atoms with E-state index in [1.165, 1.54) is 23.1 Å². The van der Waals surface area contributed by atoms with Gasteiger partial charge >= 0.3 is 0 Å². The highest BCUT2D eigenvalue weighted by Gasteiger charge is 2.27. The minimum Gasteiger partial charge on any atom is -0.376 e. The Balaban J connectivity index is 1.51. The van der Waals surface area contributed by atoms with Crippen molar-refractivity contribution in [3.8, 4) is 0 Å². The number of hydrogen-bond acceptors (Lipinski definition) is 6. The first-order valence-electron chi connectivity index (χ1n) is 10.3. The Morgan fingerprint density at radius 2 is 2.00 bits per heavy atom. The molecule has 1 aromatic heterocycles. The number of sulfone groups is 1. The third kappa shape index (κ3) is 5.13. The average Bonchev–Trinajstić information content (AvgIpc) is 3.42. The number of nitrogens with zero attached hydrogens (tertiary/aromatic N) is 2. The molecule has 0 aliphatic carbocycles. The maximum absolute atomic E-state index is 14.1. The molecule has 1 unspecified atom stereocenters. The van der Waals surface area contributed by atoms with E-state index in [0.29, 0.717) is 11.3 Å². The SMILES string of the molecule is O=C(CCCS(=O)(=O)c1ccccc1)N(CC1CCCO1)c1nc2c(F)cc(F)cc2s1. The van der Waals surface area contributed by atoms with Crippen LogP contribution in [-0.2, 0) is 19.4 Å². The van der Waals surface area contributed by atoms with Crippen LogP contribution in [0, 0.1) is 11.6 Å². The van der Waals surface area contributed by atoms with Gasteiger partial charge in [0.2, 0.25) is 5.91 Å². The Morgan fingerprint density at radius 1 is 1.22 bits per heavy atom. The van der Waals surface area contributed by atoms with E-state index in [1.807, 2.05) is 0 Å². The topological polar surface area (TPSA) is 76.6 Å². The highest BCUT2D eigenvalue weighted by atomic mass is 32.2. The number of benzene rings is 2. The largest absolute Gasteiger partial charge is 0.376 e. The molecule has 1 saturated heterocycles. The summed E-state index contributed by atoms with van der Waals surface area (Å²) in [5.74, 6) is -2.01. The van der Waals surface area contributed by atoms with Gasteiger partial charge in [0.05, 0.1) is 28.0 Å². The predicted molar refractivity (Wildman–Crippen MR) is 119 cm³/mol. The standard InChI is InChI=1S/C22H22F2N2O4S2/c23-15-12-18(24)21-19(13-15)31-22(25-21)26(14-16-6-4-10-30-16)20(27)9-5-11-32(28,29)17-7-2-1-3-8-17/h1-3,7-8,12-13,16H,4-6,9-11,14H2. The lowest BCUT2D eigenvalue weighted by Gasteiger charge is -2.23. The number of ether oxygens (including phenoxy) is 1. The molecule has 1 fully saturated rings. The van der Waals surface area contributed by atoms with Crippen LogP contribution in [-0.4, -0.2) is 44.3 Å². The van der Waals surface area contributed by atoms with Crippen molar-refractivity contribution < 1.29 is 26.7 Å². The van der Waals surface area contributed by atoms with Crippen molar-refractivity contribution in [1.29, 1.82) is 0 Å². The molecule has 1 aliphatic rings. The van der Waals surface area contributed by atoms with Gasteiger partial charge in [-0.3, -0.25) is 9.69 Å². The zero-order valence-corrected chi connectivity index (χ0v) is 18.8. The molecule has 2 aromatic carbocycles. The number of carbonyl (C=O) groups is 1. The molecule has 32 heavy (non-hydrogen) atoms. The van der Waals surface area contributed by atoms with E-state index in [-0.39, 0.29) is 52.7 Å². The maximum atomic E-state index is 14.1. The minimum absolute atomic E-state index is 0.00296. The van der Waals surface area contributed by atoms with Gasteiger partial charge < -0.3 is 4.74 Å². The summed E-state index contributed by atoms with van der Waals surface area (Å²) in [4.78, 5) is 18.9. The number of halogens is 2. The summed E-state index contributed by atoms with van der Waals surface area (Å²) in [6.45, 7) is 0.829. The van der Waals surface area contributed by atoms with Gasteiger partial charge in [0.15, 0.2) is 20.8 Å². The third-order valence-corrected chi connectivity index (χ3v) is 8.09. The zero-order valence-electron chi connectivity index (χ0n) is 17.2. The minimum atomic E-state index is -3.50. The number of hydrogen-bond donors (Lipinski definition) is 0. The molecule has 1 atom stereocenters. The van der Waals surface area contributed by atoms with Crippen molar-refractivity contribution in [2.75, 3.05) is 23.8 Å². The maximum Gasteiger partial charge on any atom is 0.228 e. The van der Waals surface area contributed by atoms with Gasteiger partial charge in [0.1, 0.15) is 11.3 Å². The summed E-state index contributed by atoms with van der Waals surface area (Å²) < 4.78 is 58.6. The smallest absolute Gasteiger partial charge is 0.228 e. The summed E-state index contributed by atoms with van der Waals surface area (Å²) in [6.07, 6.45) is 1.58. The Morgan fingerprint density at radius 3 is 2.72 bits per heavy atom. The zero-order chi connectivity index (χ0) is 22.7. The Bertz CT molecular complexity index is 1210. The molecule has 0 radical (unpaired) electrons. The van der Waals surface area contributed by atoms with Gasteiger partial charge in [-0.1, -0.05) is 29.5 Å². The number of rotatable bonds is 8. The molecule has 0 bridgehead atoms. The lowest BCUT2D eigenvalue weighted by atomic mass is 10.2. The Labute approximate surface area is 188 Å². The van der Waals surface area contributed by atoms with E-state index in [4.69, 9.17) is 4.74 Å². The van der Waals surface area contributed by atoms with Crippen LogP contribution in [0.15, 0.2) is 47.4 Å². The highest BCUT2D eigenvalue weighted by molar-refractivity contribution is 7.91. The fraction of sp³-hybridized carbons (Fsp3) is 0.364. The number of anilines is 1. The quantitative estimate of drug-likeness (QED) is 0.479. The van der Waals surface area contributed by atoms with Crippen molar-refractivity contribution >= 4 is 42.4 Å². The van der Waals surface area contributed by atoms with Crippen molar-refractivity contribution in [1.82, 2.24) is 4.98 Å². The Kier molecular flexibility index (Phi) is 6.82. The normalized spacial score (nSPS) is 16.5. The summed E-state index contributed by atoms with van der Waals surface area (Å²) in [6, 6.07) is 10.0. The van der Waals surface area contributed by atoms with Crippen LogP contribution in [0.25, 0.3) is 10.2 Å².